The van der Waals surface area contributed by atoms with E-state index in [9.17, 15) is 14.4 Å². The minimum atomic E-state index is -0.763. The van der Waals surface area contributed by atoms with Crippen LogP contribution in [-0.2, 0) is 14.4 Å². The van der Waals surface area contributed by atoms with Crippen LogP contribution in [0.4, 0.5) is 21.6 Å². The zero-order valence-corrected chi connectivity index (χ0v) is 25.9. The quantitative estimate of drug-likeness (QED) is 0.118. The summed E-state index contributed by atoms with van der Waals surface area (Å²) in [4.78, 5) is 44.8. The number of para-hydroxylation sites is 2. The smallest absolute Gasteiger partial charge is 0.315 e. The summed E-state index contributed by atoms with van der Waals surface area (Å²) in [5, 5.41) is 27.7. The van der Waals surface area contributed by atoms with E-state index >= 15 is 0 Å². The van der Waals surface area contributed by atoms with Gasteiger partial charge in [0.2, 0.25) is 5.91 Å². The Labute approximate surface area is 273 Å². The molecule has 0 saturated heterocycles. The third kappa shape index (κ3) is 6.61. The lowest BCUT2D eigenvalue weighted by molar-refractivity contribution is -0.132. The van der Waals surface area contributed by atoms with E-state index in [2.05, 4.69) is 51.6 Å². The highest BCUT2D eigenvalue weighted by Gasteiger charge is 2.17. The van der Waals surface area contributed by atoms with Crippen LogP contribution in [0.1, 0.15) is 0 Å². The second-order valence-electron chi connectivity index (χ2n) is 10.1. The molecule has 0 aliphatic carbocycles. The van der Waals surface area contributed by atoms with Gasteiger partial charge in [0.25, 0.3) is 0 Å². The second-order valence-corrected chi connectivity index (χ2v) is 12.1. The average Bonchev–Trinajstić information content (AvgIpc) is 3.90. The largest absolute Gasteiger partial charge is 0.376 e. The zero-order valence-electron chi connectivity index (χ0n) is 24.3. The third-order valence-electron chi connectivity index (χ3n) is 6.88. The van der Waals surface area contributed by atoms with Crippen LogP contribution in [0.2, 0.25) is 0 Å². The van der Waals surface area contributed by atoms with Crippen LogP contribution >= 0.6 is 22.7 Å². The summed E-state index contributed by atoms with van der Waals surface area (Å²) in [5.74, 6) is -1.63. The monoisotopic (exact) mass is 660 g/mol. The third-order valence-corrected chi connectivity index (χ3v) is 8.92. The molecule has 0 fully saturated rings. The Morgan fingerprint density at radius 2 is 1.11 bits per heavy atom. The first-order valence-electron chi connectivity index (χ1n) is 14.2. The van der Waals surface area contributed by atoms with E-state index in [4.69, 9.17) is 0 Å². The summed E-state index contributed by atoms with van der Waals surface area (Å²) in [6, 6.07) is 26.0. The lowest BCUT2D eigenvalue weighted by Crippen LogP contribution is -2.28. The highest BCUT2D eigenvalue weighted by atomic mass is 32.1. The summed E-state index contributed by atoms with van der Waals surface area (Å²) in [6.07, 6.45) is 3.49. The van der Waals surface area contributed by atoms with Gasteiger partial charge in [0.1, 0.15) is 0 Å². The number of rotatable bonds is 6. The molecule has 8 aromatic rings. The lowest BCUT2D eigenvalue weighted by Gasteiger charge is -2.05. The molecule has 232 valence electrons. The minimum Gasteiger partial charge on any atom is -0.376 e. The molecular formula is C32H24N10O3S2. The SMILES string of the molecule is O=C(CNc1ccccc1)Nc1nc2ccc3[nH]ncc3c2s1.O=C(Nc1ccccc1)C(=O)Nc1nc2ccc3[nH]ncc3c2s1. The summed E-state index contributed by atoms with van der Waals surface area (Å²) < 4.78 is 1.92. The van der Waals surface area contributed by atoms with Gasteiger partial charge in [-0.1, -0.05) is 59.1 Å². The van der Waals surface area contributed by atoms with Crippen molar-refractivity contribution in [2.24, 2.45) is 0 Å². The number of aromatic amines is 2. The Morgan fingerprint density at radius 1 is 0.596 bits per heavy atom. The second kappa shape index (κ2) is 13.0. The molecule has 0 bridgehead atoms. The van der Waals surface area contributed by atoms with Crippen molar-refractivity contribution in [3.05, 3.63) is 97.3 Å². The maximum absolute atomic E-state index is 12.1. The first-order chi connectivity index (χ1) is 23.0. The number of hydrogen-bond acceptors (Lipinski definition) is 10. The summed E-state index contributed by atoms with van der Waals surface area (Å²) in [5.41, 5.74) is 4.92. The highest BCUT2D eigenvalue weighted by molar-refractivity contribution is 7.23. The van der Waals surface area contributed by atoms with Crippen LogP contribution in [-0.4, -0.2) is 54.6 Å². The molecule has 4 aromatic carbocycles. The highest BCUT2D eigenvalue weighted by Crippen LogP contribution is 2.33. The number of anilines is 4. The van der Waals surface area contributed by atoms with Crippen LogP contribution in [0.25, 0.3) is 42.2 Å². The number of thiazole rings is 2. The molecule has 0 unspecified atom stereocenters. The van der Waals surface area contributed by atoms with E-state index < -0.39 is 11.8 Å². The molecule has 0 atom stereocenters. The van der Waals surface area contributed by atoms with Gasteiger partial charge in [-0.25, -0.2) is 9.97 Å². The average molecular weight is 661 g/mol. The topological polar surface area (TPSA) is 182 Å². The number of carbonyl (C=O) groups excluding carboxylic acids is 3. The maximum Gasteiger partial charge on any atom is 0.315 e. The summed E-state index contributed by atoms with van der Waals surface area (Å²) in [6.45, 7) is 0.195. The number of carbonyl (C=O) groups is 3. The van der Waals surface area contributed by atoms with E-state index in [1.165, 1.54) is 22.7 Å². The Kier molecular flexibility index (Phi) is 8.19. The van der Waals surface area contributed by atoms with Gasteiger partial charge in [-0.2, -0.15) is 10.2 Å². The van der Waals surface area contributed by atoms with Crippen LogP contribution in [0.15, 0.2) is 97.3 Å². The number of hydrogen-bond donors (Lipinski definition) is 6. The van der Waals surface area contributed by atoms with Gasteiger partial charge in [0, 0.05) is 22.1 Å². The molecule has 15 heteroatoms. The van der Waals surface area contributed by atoms with E-state index in [0.717, 1.165) is 47.9 Å². The fourth-order valence-corrected chi connectivity index (χ4v) is 6.65. The van der Waals surface area contributed by atoms with Crippen LogP contribution in [0, 0.1) is 0 Å². The molecule has 0 saturated carbocycles. The number of nitrogens with one attached hydrogen (secondary N) is 6. The minimum absolute atomic E-state index is 0.128. The number of H-pyrrole nitrogens is 2. The number of aromatic nitrogens is 6. The fourth-order valence-electron chi connectivity index (χ4n) is 4.68. The normalized spacial score (nSPS) is 10.9. The lowest BCUT2D eigenvalue weighted by atomic mass is 10.2. The first-order valence-corrected chi connectivity index (χ1v) is 15.8. The Morgan fingerprint density at radius 3 is 1.68 bits per heavy atom. The van der Waals surface area contributed by atoms with Crippen molar-refractivity contribution >= 4 is 104 Å². The molecule has 0 spiro atoms. The molecule has 6 N–H and O–H groups in total. The van der Waals surface area contributed by atoms with Crippen LogP contribution in [0.3, 0.4) is 0 Å². The van der Waals surface area contributed by atoms with Crippen molar-refractivity contribution in [3.63, 3.8) is 0 Å². The van der Waals surface area contributed by atoms with Gasteiger partial charge in [0.15, 0.2) is 10.3 Å². The van der Waals surface area contributed by atoms with Gasteiger partial charge in [0.05, 0.1) is 50.4 Å². The van der Waals surface area contributed by atoms with Crippen molar-refractivity contribution in [3.8, 4) is 0 Å². The maximum atomic E-state index is 12.1. The predicted octanol–water partition coefficient (Wildman–Crippen LogP) is 5.97. The van der Waals surface area contributed by atoms with E-state index in [1.807, 2.05) is 60.7 Å². The molecule has 4 aromatic heterocycles. The van der Waals surface area contributed by atoms with Crippen molar-refractivity contribution in [1.82, 2.24) is 30.4 Å². The number of benzene rings is 4. The summed E-state index contributed by atoms with van der Waals surface area (Å²) in [7, 11) is 0. The Bertz CT molecular complexity index is 2360. The molecule has 47 heavy (non-hydrogen) atoms. The van der Waals surface area contributed by atoms with Crippen molar-refractivity contribution in [1.29, 1.82) is 0 Å². The predicted molar refractivity (Wildman–Crippen MR) is 186 cm³/mol. The molecule has 8 rings (SSSR count). The Balaban J connectivity index is 0.000000150. The van der Waals surface area contributed by atoms with Crippen LogP contribution in [0.5, 0.6) is 0 Å². The Hall–Kier alpha value is -6.19. The summed E-state index contributed by atoms with van der Waals surface area (Å²) >= 11 is 2.75. The van der Waals surface area contributed by atoms with Crippen molar-refractivity contribution in [2.75, 3.05) is 27.8 Å². The van der Waals surface area contributed by atoms with Gasteiger partial charge >= 0.3 is 11.8 Å². The van der Waals surface area contributed by atoms with Gasteiger partial charge in [-0.3, -0.25) is 29.9 Å². The van der Waals surface area contributed by atoms with E-state index in [-0.39, 0.29) is 12.5 Å². The first kappa shape index (κ1) is 29.5. The standard InChI is InChI=1S/C16H11N5O2S.C16H13N5OS/c22-14(18-9-4-2-1-3-5-9)15(23)20-16-19-12-7-6-11-10(8-17-21-11)13(12)24-16;22-14(9-17-10-4-2-1-3-5-10)20-16-19-13-7-6-12-11(8-18-21-12)15(13)23-16/h1-8H,(H,17,21)(H,18,22)(H,19,20,23);1-8,17H,9H2,(H,18,21)(H,19,20,22). The van der Waals surface area contributed by atoms with Crippen LogP contribution < -0.4 is 21.3 Å². The molecule has 0 aliphatic heterocycles. The number of fused-ring (bicyclic) bond motifs is 6. The molecule has 13 nitrogen and oxygen atoms in total. The molecule has 3 amide bonds. The van der Waals surface area contributed by atoms with E-state index in [1.54, 1.807) is 36.7 Å². The zero-order chi connectivity index (χ0) is 32.2. The number of nitrogens with zero attached hydrogens (tertiary/aromatic N) is 4. The van der Waals surface area contributed by atoms with Crippen molar-refractivity contribution in [2.45, 2.75) is 0 Å². The fraction of sp³-hybridized carbons (Fsp3) is 0.0312. The molecule has 0 radical (unpaired) electrons. The number of amides is 3. The molecular weight excluding hydrogens is 637 g/mol. The van der Waals surface area contributed by atoms with Gasteiger partial charge in [-0.05, 0) is 48.5 Å². The molecule has 0 aliphatic rings. The van der Waals surface area contributed by atoms with Gasteiger partial charge < -0.3 is 16.0 Å². The van der Waals surface area contributed by atoms with Gasteiger partial charge in [-0.15, -0.1) is 0 Å². The van der Waals surface area contributed by atoms with E-state index in [0.29, 0.717) is 16.0 Å². The van der Waals surface area contributed by atoms with Crippen molar-refractivity contribution < 1.29 is 14.4 Å². The molecule has 4 heterocycles.